The molecule has 0 bridgehead atoms. The Labute approximate surface area is 177 Å². The number of aromatic nitrogens is 2. The predicted octanol–water partition coefficient (Wildman–Crippen LogP) is 4.50. The number of methoxy groups -OCH3 is 1. The van der Waals surface area contributed by atoms with E-state index in [4.69, 9.17) is 9.15 Å². The van der Waals surface area contributed by atoms with Crippen LogP contribution in [-0.4, -0.2) is 29.8 Å². The molecule has 0 saturated carbocycles. The molecule has 1 unspecified atom stereocenters. The molecule has 0 saturated heterocycles. The van der Waals surface area contributed by atoms with Gasteiger partial charge in [-0.2, -0.15) is 13.2 Å². The molecule has 0 aliphatic carbocycles. The van der Waals surface area contributed by atoms with Crippen molar-refractivity contribution in [2.45, 2.75) is 32.0 Å². The van der Waals surface area contributed by atoms with Gasteiger partial charge in [-0.05, 0) is 36.8 Å². The first-order valence-corrected chi connectivity index (χ1v) is 9.61. The lowest BCUT2D eigenvalue weighted by Crippen LogP contribution is -2.31. The summed E-state index contributed by atoms with van der Waals surface area (Å²) in [6.07, 6.45) is -4.23. The number of hydrogen-bond donors (Lipinski definition) is 1. The minimum absolute atomic E-state index is 0.0329. The Balaban J connectivity index is 1.62. The van der Waals surface area contributed by atoms with Crippen LogP contribution in [0.4, 0.5) is 13.2 Å². The van der Waals surface area contributed by atoms with E-state index in [2.05, 4.69) is 15.5 Å². The van der Waals surface area contributed by atoms with E-state index < -0.39 is 17.8 Å². The van der Waals surface area contributed by atoms with Crippen LogP contribution in [-0.2, 0) is 22.1 Å². The summed E-state index contributed by atoms with van der Waals surface area (Å²) in [4.78, 5) is 12.4. The zero-order chi connectivity index (χ0) is 22.4. The lowest BCUT2D eigenvalue weighted by atomic mass is 10.0. The standard InChI is InChI=1S/C22H22F3N3O3/c1-14-6-8-15(9-7-14)21-28-27-20(31-21)11-10-19(29)26-18(13-30-2)16-4-3-5-17(12-16)22(23,24)25/h3-9,12,18H,10-11,13H2,1-2H3,(H,26,29). The Morgan fingerprint density at radius 1 is 1.16 bits per heavy atom. The van der Waals surface area contributed by atoms with Crippen LogP contribution in [0.3, 0.4) is 0 Å². The maximum absolute atomic E-state index is 13.0. The molecule has 164 valence electrons. The van der Waals surface area contributed by atoms with Gasteiger partial charge in [-0.1, -0.05) is 29.8 Å². The molecule has 1 N–H and O–H groups in total. The third kappa shape index (κ3) is 6.14. The van der Waals surface area contributed by atoms with Crippen molar-refractivity contribution < 1.29 is 27.1 Å². The molecule has 1 amide bonds. The average Bonchev–Trinajstić information content (AvgIpc) is 3.21. The van der Waals surface area contributed by atoms with Crippen molar-refractivity contribution in [2.24, 2.45) is 0 Å². The van der Waals surface area contributed by atoms with Crippen LogP contribution < -0.4 is 5.32 Å². The molecule has 2 aromatic carbocycles. The van der Waals surface area contributed by atoms with Gasteiger partial charge < -0.3 is 14.5 Å². The zero-order valence-corrected chi connectivity index (χ0v) is 17.1. The molecule has 1 aromatic heterocycles. The van der Waals surface area contributed by atoms with Gasteiger partial charge in [-0.15, -0.1) is 10.2 Å². The molecule has 1 heterocycles. The Morgan fingerprint density at radius 2 is 1.90 bits per heavy atom. The summed E-state index contributed by atoms with van der Waals surface area (Å²) in [6.45, 7) is 2.00. The van der Waals surface area contributed by atoms with Crippen LogP contribution in [0.5, 0.6) is 0 Å². The topological polar surface area (TPSA) is 77.2 Å². The van der Waals surface area contributed by atoms with Crippen LogP contribution >= 0.6 is 0 Å². The van der Waals surface area contributed by atoms with Crippen molar-refractivity contribution in [3.05, 3.63) is 71.1 Å². The molecule has 31 heavy (non-hydrogen) atoms. The molecule has 3 rings (SSSR count). The minimum atomic E-state index is -4.47. The molecule has 1 atom stereocenters. The predicted molar refractivity (Wildman–Crippen MR) is 107 cm³/mol. The van der Waals surface area contributed by atoms with Crippen molar-refractivity contribution in [2.75, 3.05) is 13.7 Å². The van der Waals surface area contributed by atoms with Gasteiger partial charge in [0.2, 0.25) is 17.7 Å². The number of halogens is 3. The molecule has 0 spiro atoms. The van der Waals surface area contributed by atoms with Gasteiger partial charge in [0.05, 0.1) is 18.2 Å². The number of alkyl halides is 3. The Hall–Kier alpha value is -3.20. The molecule has 3 aromatic rings. The van der Waals surface area contributed by atoms with Gasteiger partial charge in [-0.25, -0.2) is 0 Å². The highest BCUT2D eigenvalue weighted by Gasteiger charge is 2.31. The maximum Gasteiger partial charge on any atom is 0.416 e. The van der Waals surface area contributed by atoms with Gasteiger partial charge in [0.25, 0.3) is 0 Å². The third-order valence-electron chi connectivity index (χ3n) is 4.62. The second kappa shape index (κ2) is 9.74. The SMILES string of the molecule is COCC(NC(=O)CCc1nnc(-c2ccc(C)cc2)o1)c1cccc(C(F)(F)F)c1. The fraction of sp³-hybridized carbons (Fsp3) is 0.318. The number of hydrogen-bond acceptors (Lipinski definition) is 5. The number of benzene rings is 2. The second-order valence-corrected chi connectivity index (χ2v) is 7.07. The summed E-state index contributed by atoms with van der Waals surface area (Å²) >= 11 is 0. The normalized spacial score (nSPS) is 12.5. The van der Waals surface area contributed by atoms with Crippen LogP contribution in [0.2, 0.25) is 0 Å². The van der Waals surface area contributed by atoms with Gasteiger partial charge in [0, 0.05) is 25.5 Å². The number of nitrogens with one attached hydrogen (secondary N) is 1. The van der Waals surface area contributed by atoms with E-state index in [0.29, 0.717) is 17.3 Å². The largest absolute Gasteiger partial charge is 0.421 e. The number of amides is 1. The lowest BCUT2D eigenvalue weighted by molar-refractivity contribution is -0.137. The second-order valence-electron chi connectivity index (χ2n) is 7.07. The molecular weight excluding hydrogens is 411 g/mol. The summed E-state index contributed by atoms with van der Waals surface area (Å²) in [6, 6.07) is 11.7. The van der Waals surface area contributed by atoms with E-state index in [1.54, 1.807) is 0 Å². The highest BCUT2D eigenvalue weighted by Crippen LogP contribution is 2.31. The van der Waals surface area contributed by atoms with E-state index in [-0.39, 0.29) is 25.4 Å². The molecule has 6 nitrogen and oxygen atoms in total. The number of nitrogens with zero attached hydrogens (tertiary/aromatic N) is 2. The summed E-state index contributed by atoms with van der Waals surface area (Å²) in [7, 11) is 1.41. The van der Waals surface area contributed by atoms with Gasteiger partial charge in [0.15, 0.2) is 0 Å². The minimum Gasteiger partial charge on any atom is -0.421 e. The van der Waals surface area contributed by atoms with E-state index in [1.165, 1.54) is 19.2 Å². The van der Waals surface area contributed by atoms with Crippen molar-refractivity contribution in [1.29, 1.82) is 0 Å². The monoisotopic (exact) mass is 433 g/mol. The quantitative estimate of drug-likeness (QED) is 0.566. The molecule has 0 aliphatic rings. The molecular formula is C22H22F3N3O3. The van der Waals surface area contributed by atoms with Crippen molar-refractivity contribution in [3.8, 4) is 11.5 Å². The van der Waals surface area contributed by atoms with Crippen molar-refractivity contribution in [3.63, 3.8) is 0 Å². The first-order chi connectivity index (χ1) is 14.8. The van der Waals surface area contributed by atoms with Crippen LogP contribution in [0, 0.1) is 6.92 Å². The number of ether oxygens (including phenoxy) is 1. The fourth-order valence-corrected chi connectivity index (χ4v) is 2.97. The third-order valence-corrected chi connectivity index (χ3v) is 4.62. The smallest absolute Gasteiger partial charge is 0.416 e. The zero-order valence-electron chi connectivity index (χ0n) is 17.1. The first-order valence-electron chi connectivity index (χ1n) is 9.61. The van der Waals surface area contributed by atoms with Gasteiger partial charge in [-0.3, -0.25) is 4.79 Å². The van der Waals surface area contributed by atoms with E-state index in [1.807, 2.05) is 31.2 Å². The molecule has 0 fully saturated rings. The van der Waals surface area contributed by atoms with E-state index in [0.717, 1.165) is 23.3 Å². The number of rotatable bonds is 8. The van der Waals surface area contributed by atoms with Crippen LogP contribution in [0.1, 0.15) is 35.0 Å². The van der Waals surface area contributed by atoms with Crippen LogP contribution in [0.15, 0.2) is 52.9 Å². The molecule has 0 radical (unpaired) electrons. The van der Waals surface area contributed by atoms with Crippen molar-refractivity contribution >= 4 is 5.91 Å². The van der Waals surface area contributed by atoms with Crippen molar-refractivity contribution in [1.82, 2.24) is 15.5 Å². The number of carbonyl (C=O) groups excluding carboxylic acids is 1. The Morgan fingerprint density at radius 3 is 2.58 bits per heavy atom. The fourth-order valence-electron chi connectivity index (χ4n) is 2.97. The highest BCUT2D eigenvalue weighted by atomic mass is 19.4. The Kier molecular flexibility index (Phi) is 7.06. The number of carbonyl (C=O) groups is 1. The highest BCUT2D eigenvalue weighted by molar-refractivity contribution is 5.76. The van der Waals surface area contributed by atoms with E-state index in [9.17, 15) is 18.0 Å². The number of aryl methyl sites for hydroxylation is 2. The summed E-state index contributed by atoms with van der Waals surface area (Å²) < 4.78 is 49.6. The summed E-state index contributed by atoms with van der Waals surface area (Å²) in [5.41, 5.74) is 1.41. The average molecular weight is 433 g/mol. The summed E-state index contributed by atoms with van der Waals surface area (Å²) in [5.74, 6) is 0.291. The first kappa shape index (κ1) is 22.5. The van der Waals surface area contributed by atoms with E-state index >= 15 is 0 Å². The lowest BCUT2D eigenvalue weighted by Gasteiger charge is -2.19. The molecule has 9 heteroatoms. The maximum atomic E-state index is 13.0. The van der Waals surface area contributed by atoms with Gasteiger partial charge in [0.1, 0.15) is 0 Å². The summed E-state index contributed by atoms with van der Waals surface area (Å²) in [5, 5.41) is 10.6. The van der Waals surface area contributed by atoms with Gasteiger partial charge >= 0.3 is 6.18 Å². The van der Waals surface area contributed by atoms with Crippen LogP contribution in [0.25, 0.3) is 11.5 Å². The molecule has 0 aliphatic heterocycles. The Bertz CT molecular complexity index is 1020.